The third-order valence-corrected chi connectivity index (χ3v) is 3.50. The highest BCUT2D eigenvalue weighted by Crippen LogP contribution is 2.32. The molecular weight excluding hydrogens is 285 g/mol. The highest BCUT2D eigenvalue weighted by molar-refractivity contribution is 6.37. The minimum Gasteiger partial charge on any atom is -0.488 e. The van der Waals surface area contributed by atoms with Crippen molar-refractivity contribution in [2.24, 2.45) is 5.92 Å². The lowest BCUT2D eigenvalue weighted by Crippen LogP contribution is -2.33. The fourth-order valence-corrected chi connectivity index (χ4v) is 2.01. The van der Waals surface area contributed by atoms with E-state index < -0.39 is 6.10 Å². The van der Waals surface area contributed by atoms with Crippen LogP contribution in [-0.2, 0) is 0 Å². The number of ether oxygens (including phenoxy) is 1. The number of hydrogen-bond acceptors (Lipinski definition) is 3. The molecule has 0 saturated heterocycles. The van der Waals surface area contributed by atoms with Crippen molar-refractivity contribution in [1.82, 2.24) is 5.32 Å². The molecule has 0 aromatic heterocycles. The summed E-state index contributed by atoms with van der Waals surface area (Å²) in [5, 5.41) is 13.9. The molecule has 0 fully saturated rings. The van der Waals surface area contributed by atoms with Gasteiger partial charge in [-0.15, -0.1) is 0 Å². The Balaban J connectivity index is 2.32. The van der Waals surface area contributed by atoms with Crippen LogP contribution in [0.4, 0.5) is 0 Å². The van der Waals surface area contributed by atoms with Gasteiger partial charge in [0.1, 0.15) is 12.7 Å². The molecule has 0 radical (unpaired) electrons. The van der Waals surface area contributed by atoms with Crippen LogP contribution in [0.1, 0.15) is 20.3 Å². The largest absolute Gasteiger partial charge is 0.488 e. The summed E-state index contributed by atoms with van der Waals surface area (Å²) in [6.45, 7) is 5.86. The maximum atomic E-state index is 9.80. The van der Waals surface area contributed by atoms with Gasteiger partial charge in [-0.25, -0.2) is 0 Å². The highest BCUT2D eigenvalue weighted by Gasteiger charge is 2.10. The molecule has 1 aromatic rings. The summed E-state index contributed by atoms with van der Waals surface area (Å²) >= 11 is 11.9. The van der Waals surface area contributed by atoms with Crippen LogP contribution in [0.15, 0.2) is 18.2 Å². The minimum absolute atomic E-state index is 0.164. The zero-order valence-corrected chi connectivity index (χ0v) is 12.8. The molecule has 1 rings (SSSR count). The summed E-state index contributed by atoms with van der Waals surface area (Å²) in [6, 6.07) is 5.16. The van der Waals surface area contributed by atoms with Gasteiger partial charge in [-0.1, -0.05) is 49.5 Å². The average molecular weight is 306 g/mol. The van der Waals surface area contributed by atoms with Crippen molar-refractivity contribution in [2.75, 3.05) is 19.7 Å². The smallest absolute Gasteiger partial charge is 0.156 e. The molecule has 0 saturated carbocycles. The zero-order valence-electron chi connectivity index (χ0n) is 11.3. The summed E-state index contributed by atoms with van der Waals surface area (Å²) < 4.78 is 5.46. The Bertz CT molecular complexity index is 367. The molecule has 2 atom stereocenters. The number of halogens is 2. The van der Waals surface area contributed by atoms with E-state index in [0.717, 1.165) is 13.0 Å². The molecule has 0 aliphatic carbocycles. The third kappa shape index (κ3) is 6.00. The monoisotopic (exact) mass is 305 g/mol. The molecule has 0 bridgehead atoms. The fraction of sp³-hybridized carbons (Fsp3) is 0.571. The van der Waals surface area contributed by atoms with E-state index in [1.54, 1.807) is 18.2 Å². The Hall–Kier alpha value is -0.480. The number of hydrogen-bond donors (Lipinski definition) is 2. The molecule has 1 aromatic carbocycles. The lowest BCUT2D eigenvalue weighted by molar-refractivity contribution is 0.106. The summed E-state index contributed by atoms with van der Waals surface area (Å²) in [5.74, 6) is 1.03. The van der Waals surface area contributed by atoms with Gasteiger partial charge < -0.3 is 15.2 Å². The number of nitrogens with one attached hydrogen (secondary N) is 1. The first kappa shape index (κ1) is 16.6. The van der Waals surface area contributed by atoms with Crippen LogP contribution >= 0.6 is 23.2 Å². The molecule has 0 aliphatic heterocycles. The van der Waals surface area contributed by atoms with E-state index in [0.29, 0.717) is 28.3 Å². The van der Waals surface area contributed by atoms with E-state index >= 15 is 0 Å². The number of aliphatic hydroxyl groups excluding tert-OH is 1. The lowest BCUT2D eigenvalue weighted by Gasteiger charge is -2.16. The molecule has 2 unspecified atom stereocenters. The SMILES string of the molecule is CCC(C)CNCC(O)COc1c(Cl)cccc1Cl. The van der Waals surface area contributed by atoms with Crippen LogP contribution < -0.4 is 10.1 Å². The van der Waals surface area contributed by atoms with Crippen LogP contribution in [0.5, 0.6) is 5.75 Å². The molecule has 3 nitrogen and oxygen atoms in total. The maximum absolute atomic E-state index is 9.80. The number of rotatable bonds is 8. The molecular formula is C14H21Cl2NO2. The van der Waals surface area contributed by atoms with Gasteiger partial charge in [0.25, 0.3) is 0 Å². The van der Waals surface area contributed by atoms with Crippen LogP contribution in [0.2, 0.25) is 10.0 Å². The first-order valence-electron chi connectivity index (χ1n) is 6.50. The predicted octanol–water partition coefficient (Wildman–Crippen LogP) is 3.37. The number of benzene rings is 1. The van der Waals surface area contributed by atoms with Crippen LogP contribution in [0.25, 0.3) is 0 Å². The van der Waals surface area contributed by atoms with Crippen LogP contribution in [0.3, 0.4) is 0 Å². The van der Waals surface area contributed by atoms with E-state index in [2.05, 4.69) is 19.2 Å². The molecule has 0 heterocycles. The highest BCUT2D eigenvalue weighted by atomic mass is 35.5. The van der Waals surface area contributed by atoms with Crippen molar-refractivity contribution in [3.05, 3.63) is 28.2 Å². The van der Waals surface area contributed by atoms with Crippen molar-refractivity contribution in [2.45, 2.75) is 26.4 Å². The Morgan fingerprint density at radius 3 is 2.47 bits per heavy atom. The van der Waals surface area contributed by atoms with Gasteiger partial charge in [0, 0.05) is 6.54 Å². The van der Waals surface area contributed by atoms with Gasteiger partial charge in [0.2, 0.25) is 0 Å². The van der Waals surface area contributed by atoms with E-state index in [-0.39, 0.29) is 6.61 Å². The fourth-order valence-electron chi connectivity index (χ4n) is 1.50. The van der Waals surface area contributed by atoms with Gasteiger partial charge >= 0.3 is 0 Å². The second-order valence-electron chi connectivity index (χ2n) is 4.69. The lowest BCUT2D eigenvalue weighted by atomic mass is 10.1. The molecule has 19 heavy (non-hydrogen) atoms. The van der Waals surface area contributed by atoms with Crippen molar-refractivity contribution in [3.63, 3.8) is 0 Å². The molecule has 5 heteroatoms. The van der Waals surface area contributed by atoms with E-state index in [1.165, 1.54) is 0 Å². The summed E-state index contributed by atoms with van der Waals surface area (Å²) in [6.07, 6.45) is 0.533. The first-order chi connectivity index (χ1) is 9.04. The average Bonchev–Trinajstić information content (AvgIpc) is 2.38. The van der Waals surface area contributed by atoms with Gasteiger partial charge in [0.05, 0.1) is 10.0 Å². The normalized spacial score (nSPS) is 14.2. The molecule has 2 N–H and O–H groups in total. The minimum atomic E-state index is -0.587. The van der Waals surface area contributed by atoms with Gasteiger partial charge in [-0.3, -0.25) is 0 Å². The van der Waals surface area contributed by atoms with Crippen molar-refractivity contribution in [3.8, 4) is 5.75 Å². The van der Waals surface area contributed by atoms with Crippen molar-refractivity contribution in [1.29, 1.82) is 0 Å². The Morgan fingerprint density at radius 2 is 1.89 bits per heavy atom. The molecule has 0 aliphatic rings. The summed E-state index contributed by atoms with van der Waals surface area (Å²) in [7, 11) is 0. The Morgan fingerprint density at radius 1 is 1.26 bits per heavy atom. The van der Waals surface area contributed by atoms with Gasteiger partial charge in [-0.05, 0) is 24.6 Å². The molecule has 0 spiro atoms. The van der Waals surface area contributed by atoms with Crippen molar-refractivity contribution >= 4 is 23.2 Å². The first-order valence-corrected chi connectivity index (χ1v) is 7.25. The third-order valence-electron chi connectivity index (χ3n) is 2.91. The summed E-state index contributed by atoms with van der Waals surface area (Å²) in [5.41, 5.74) is 0. The predicted molar refractivity (Wildman–Crippen MR) is 80.3 cm³/mol. The topological polar surface area (TPSA) is 41.5 Å². The van der Waals surface area contributed by atoms with E-state index in [1.807, 2.05) is 0 Å². The second-order valence-corrected chi connectivity index (χ2v) is 5.50. The molecule has 0 amide bonds. The maximum Gasteiger partial charge on any atom is 0.156 e. The van der Waals surface area contributed by atoms with Crippen LogP contribution in [0, 0.1) is 5.92 Å². The van der Waals surface area contributed by atoms with Crippen molar-refractivity contribution < 1.29 is 9.84 Å². The van der Waals surface area contributed by atoms with Gasteiger partial charge in [-0.2, -0.15) is 0 Å². The summed E-state index contributed by atoms with van der Waals surface area (Å²) in [4.78, 5) is 0. The second kappa shape index (κ2) is 8.64. The molecule has 108 valence electrons. The quantitative estimate of drug-likeness (QED) is 0.774. The number of para-hydroxylation sites is 1. The van der Waals surface area contributed by atoms with Crippen LogP contribution in [-0.4, -0.2) is 30.9 Å². The Kier molecular flexibility index (Phi) is 7.54. The zero-order chi connectivity index (χ0) is 14.3. The van der Waals surface area contributed by atoms with E-state index in [4.69, 9.17) is 27.9 Å². The standard InChI is InChI=1S/C14H21Cl2NO2/c1-3-10(2)7-17-8-11(18)9-19-14-12(15)5-4-6-13(14)16/h4-6,10-11,17-18H,3,7-9H2,1-2H3. The van der Waals surface area contributed by atoms with E-state index in [9.17, 15) is 5.11 Å². The van der Waals surface area contributed by atoms with Gasteiger partial charge in [0.15, 0.2) is 5.75 Å². The Labute approximate surface area is 124 Å². The number of aliphatic hydroxyl groups is 1.